The first-order chi connectivity index (χ1) is 15.8. The molecule has 8 heteroatoms. The van der Waals surface area contributed by atoms with Gasteiger partial charge in [0.05, 0.1) is 10.6 Å². The number of hydrogen-bond acceptors (Lipinski definition) is 4. The molecule has 0 unspecified atom stereocenters. The maximum absolute atomic E-state index is 12.9. The number of amidine groups is 2. The van der Waals surface area contributed by atoms with Crippen molar-refractivity contribution >= 4 is 51.4 Å². The van der Waals surface area contributed by atoms with E-state index in [9.17, 15) is 4.79 Å². The number of hydrazone groups is 1. The first-order valence-corrected chi connectivity index (χ1v) is 11.5. The fourth-order valence-corrected chi connectivity index (χ4v) is 5.22. The molecule has 2 aliphatic heterocycles. The summed E-state index contributed by atoms with van der Waals surface area (Å²) in [5.41, 5.74) is 6.09. The van der Waals surface area contributed by atoms with Crippen molar-refractivity contribution < 1.29 is 4.79 Å². The number of aromatic nitrogens is 1. The standard InChI is InChI=1S/C25H20ClN5OS/c1-14-8-4-7-11-21(14)30-15(2)12-17(16(30)3)13-19-22(27)31-25(28-23(19)32)33-24(29-31)18-9-5-6-10-20(18)26/h4-13,27H,1-3H3. The Balaban J connectivity index is 1.53. The Morgan fingerprint density at radius 2 is 1.79 bits per heavy atom. The van der Waals surface area contributed by atoms with Gasteiger partial charge in [-0.1, -0.05) is 48.0 Å². The number of hydrogen-bond donors (Lipinski definition) is 1. The van der Waals surface area contributed by atoms with Crippen molar-refractivity contribution in [3.8, 4) is 5.69 Å². The number of amides is 1. The zero-order chi connectivity index (χ0) is 23.3. The molecule has 0 saturated heterocycles. The van der Waals surface area contributed by atoms with Crippen molar-refractivity contribution in [2.24, 2.45) is 10.1 Å². The molecule has 1 aromatic heterocycles. The van der Waals surface area contributed by atoms with E-state index in [0.29, 0.717) is 15.2 Å². The second kappa shape index (κ2) is 8.17. The van der Waals surface area contributed by atoms with Crippen LogP contribution in [0.3, 0.4) is 0 Å². The van der Waals surface area contributed by atoms with Crippen LogP contribution in [0.5, 0.6) is 0 Å². The Kier molecular flexibility index (Phi) is 5.31. The summed E-state index contributed by atoms with van der Waals surface area (Å²) in [7, 11) is 0. The number of halogens is 1. The van der Waals surface area contributed by atoms with Crippen LogP contribution in [0.1, 0.15) is 28.1 Å². The number of nitrogens with one attached hydrogen (secondary N) is 1. The van der Waals surface area contributed by atoms with E-state index in [-0.39, 0.29) is 11.4 Å². The number of para-hydroxylation sites is 1. The van der Waals surface area contributed by atoms with Crippen molar-refractivity contribution in [3.63, 3.8) is 0 Å². The molecule has 6 nitrogen and oxygen atoms in total. The Bertz CT molecular complexity index is 1430. The molecule has 0 bridgehead atoms. The summed E-state index contributed by atoms with van der Waals surface area (Å²) in [6, 6.07) is 17.5. The Hall–Kier alpha value is -3.42. The predicted octanol–water partition coefficient (Wildman–Crippen LogP) is 5.72. The summed E-state index contributed by atoms with van der Waals surface area (Å²) < 4.78 is 2.16. The quantitative estimate of drug-likeness (QED) is 0.494. The number of fused-ring (bicyclic) bond motifs is 1. The van der Waals surface area contributed by atoms with Crippen molar-refractivity contribution in [1.82, 2.24) is 9.58 Å². The molecule has 0 fully saturated rings. The smallest absolute Gasteiger partial charge is 0.283 e. The first-order valence-electron chi connectivity index (χ1n) is 10.3. The second-order valence-corrected chi connectivity index (χ2v) is 9.22. The molecule has 1 amide bonds. The topological polar surface area (TPSA) is 73.8 Å². The van der Waals surface area contributed by atoms with Gasteiger partial charge in [-0.2, -0.15) is 15.1 Å². The molecule has 2 aromatic carbocycles. The third-order valence-corrected chi connectivity index (χ3v) is 6.96. The largest absolute Gasteiger partial charge is 0.318 e. The van der Waals surface area contributed by atoms with E-state index in [2.05, 4.69) is 33.7 Å². The van der Waals surface area contributed by atoms with E-state index >= 15 is 0 Å². The molecule has 164 valence electrons. The fraction of sp³-hybridized carbons (Fsp3) is 0.120. The van der Waals surface area contributed by atoms with Crippen molar-refractivity contribution in [2.75, 3.05) is 0 Å². The van der Waals surface area contributed by atoms with E-state index in [4.69, 9.17) is 17.0 Å². The van der Waals surface area contributed by atoms with Crippen molar-refractivity contribution in [3.05, 3.63) is 93.3 Å². The molecular weight excluding hydrogens is 454 g/mol. The van der Waals surface area contributed by atoms with Crippen LogP contribution < -0.4 is 0 Å². The second-order valence-electron chi connectivity index (χ2n) is 7.85. The maximum Gasteiger partial charge on any atom is 0.283 e. The van der Waals surface area contributed by atoms with Crippen LogP contribution >= 0.6 is 23.4 Å². The van der Waals surface area contributed by atoms with E-state index in [1.807, 2.05) is 50.2 Å². The van der Waals surface area contributed by atoms with Gasteiger partial charge in [-0.25, -0.2) is 0 Å². The first kappa shape index (κ1) is 21.4. The van der Waals surface area contributed by atoms with E-state index in [1.54, 1.807) is 12.1 Å². The molecule has 5 rings (SSSR count). The van der Waals surface area contributed by atoms with Gasteiger partial charge in [-0.3, -0.25) is 10.2 Å². The summed E-state index contributed by atoms with van der Waals surface area (Å²) in [5.74, 6) is -0.449. The number of carbonyl (C=O) groups is 1. The minimum absolute atomic E-state index is 0.000230. The zero-order valence-electron chi connectivity index (χ0n) is 18.3. The highest BCUT2D eigenvalue weighted by Gasteiger charge is 2.36. The monoisotopic (exact) mass is 473 g/mol. The summed E-state index contributed by atoms with van der Waals surface area (Å²) in [6.07, 6.45) is 1.73. The summed E-state index contributed by atoms with van der Waals surface area (Å²) in [6.45, 7) is 6.11. The molecule has 0 aliphatic carbocycles. The number of nitrogens with zero attached hydrogens (tertiary/aromatic N) is 4. The molecule has 33 heavy (non-hydrogen) atoms. The van der Waals surface area contributed by atoms with Gasteiger partial charge in [0.1, 0.15) is 5.04 Å². The van der Waals surface area contributed by atoms with Gasteiger partial charge in [0.2, 0.25) is 5.17 Å². The van der Waals surface area contributed by atoms with E-state index in [0.717, 1.165) is 33.8 Å². The van der Waals surface area contributed by atoms with Crippen LogP contribution in [0.2, 0.25) is 5.02 Å². The molecule has 0 saturated carbocycles. The van der Waals surface area contributed by atoms with Gasteiger partial charge in [-0.05, 0) is 67.9 Å². The van der Waals surface area contributed by atoms with Crippen LogP contribution in [0.4, 0.5) is 0 Å². The number of rotatable bonds is 3. The van der Waals surface area contributed by atoms with Gasteiger partial charge in [0, 0.05) is 22.6 Å². The van der Waals surface area contributed by atoms with Gasteiger partial charge >= 0.3 is 0 Å². The van der Waals surface area contributed by atoms with Crippen LogP contribution in [0.15, 0.2) is 70.3 Å². The lowest BCUT2D eigenvalue weighted by Gasteiger charge is -2.20. The molecule has 0 spiro atoms. The summed E-state index contributed by atoms with van der Waals surface area (Å²) in [4.78, 5) is 17.1. The number of aryl methyl sites for hydroxylation is 2. The lowest BCUT2D eigenvalue weighted by atomic mass is 10.1. The van der Waals surface area contributed by atoms with Gasteiger partial charge < -0.3 is 4.57 Å². The summed E-state index contributed by atoms with van der Waals surface area (Å²) in [5, 5.41) is 16.1. The average Bonchev–Trinajstić information content (AvgIpc) is 3.32. The zero-order valence-corrected chi connectivity index (χ0v) is 19.8. The molecule has 3 heterocycles. The molecule has 3 aromatic rings. The SMILES string of the molecule is Cc1ccccc1-n1c(C)cc(C=C2C(=N)N3N=C(c4ccccc4Cl)SC3=NC2=O)c1C. The van der Waals surface area contributed by atoms with Gasteiger partial charge in [0.25, 0.3) is 5.91 Å². The molecular formula is C25H20ClN5OS. The average molecular weight is 474 g/mol. The Labute approximate surface area is 200 Å². The van der Waals surface area contributed by atoms with Gasteiger partial charge in [-0.15, -0.1) is 0 Å². The normalized spacial score (nSPS) is 16.8. The predicted molar refractivity (Wildman–Crippen MR) is 136 cm³/mol. The van der Waals surface area contributed by atoms with Gasteiger partial charge in [0.15, 0.2) is 5.84 Å². The van der Waals surface area contributed by atoms with Crippen molar-refractivity contribution in [2.45, 2.75) is 20.8 Å². The highest BCUT2D eigenvalue weighted by molar-refractivity contribution is 8.27. The molecule has 0 radical (unpaired) electrons. The fourth-order valence-electron chi connectivity index (χ4n) is 4.01. The lowest BCUT2D eigenvalue weighted by Crippen LogP contribution is -2.35. The van der Waals surface area contributed by atoms with Crippen LogP contribution in [0, 0.1) is 26.2 Å². The Morgan fingerprint density at radius 1 is 1.06 bits per heavy atom. The number of carbonyl (C=O) groups excluding carboxylic acids is 1. The lowest BCUT2D eigenvalue weighted by molar-refractivity contribution is -0.114. The van der Waals surface area contributed by atoms with Crippen LogP contribution in [0.25, 0.3) is 11.8 Å². The van der Waals surface area contributed by atoms with Crippen LogP contribution in [-0.4, -0.2) is 31.5 Å². The Morgan fingerprint density at radius 3 is 2.55 bits per heavy atom. The number of thioether (sulfide) groups is 1. The highest BCUT2D eigenvalue weighted by atomic mass is 35.5. The minimum atomic E-state index is -0.449. The highest BCUT2D eigenvalue weighted by Crippen LogP contribution is 2.33. The number of aliphatic imine (C=N–C) groups is 1. The van der Waals surface area contributed by atoms with Crippen molar-refractivity contribution in [1.29, 1.82) is 5.41 Å². The van der Waals surface area contributed by atoms with Crippen LogP contribution in [-0.2, 0) is 4.79 Å². The minimum Gasteiger partial charge on any atom is -0.318 e. The van der Waals surface area contributed by atoms with E-state index in [1.165, 1.54) is 16.8 Å². The summed E-state index contributed by atoms with van der Waals surface area (Å²) >= 11 is 7.55. The third kappa shape index (κ3) is 3.63. The maximum atomic E-state index is 12.9. The van der Waals surface area contributed by atoms with E-state index < -0.39 is 5.91 Å². The molecule has 0 atom stereocenters. The molecule has 1 N–H and O–H groups in total. The third-order valence-electron chi connectivity index (χ3n) is 5.69. The molecule has 2 aliphatic rings. The number of benzene rings is 2.